The molecule has 0 aromatic rings. The molecule has 0 radical (unpaired) electrons. The molecule has 0 fully saturated rings. The van der Waals surface area contributed by atoms with E-state index < -0.39 is 0 Å². The summed E-state index contributed by atoms with van der Waals surface area (Å²) >= 11 is 0. The molecule has 0 aliphatic rings. The molecule has 2 nitrogen and oxygen atoms in total. The molecular weight excluding hydrogens is 150 g/mol. The van der Waals surface area contributed by atoms with Gasteiger partial charge in [0, 0.05) is 13.2 Å². The van der Waals surface area contributed by atoms with E-state index in [1.54, 1.807) is 0 Å². The maximum atomic E-state index is 8.55. The van der Waals surface area contributed by atoms with Crippen LogP contribution in [0.5, 0.6) is 0 Å². The van der Waals surface area contributed by atoms with Crippen LogP contribution in [-0.2, 0) is 0 Å². The molecule has 0 unspecified atom stereocenters. The SMILES string of the molecule is C=C(C)CN(C)CCCCCO. The molecule has 0 bridgehead atoms. The Kier molecular flexibility index (Phi) is 7.11. The van der Waals surface area contributed by atoms with Crippen molar-refractivity contribution in [2.24, 2.45) is 0 Å². The van der Waals surface area contributed by atoms with E-state index in [2.05, 4.69) is 18.5 Å². The summed E-state index contributed by atoms with van der Waals surface area (Å²) < 4.78 is 0. The number of hydrogen-bond donors (Lipinski definition) is 1. The summed E-state index contributed by atoms with van der Waals surface area (Å²) in [4.78, 5) is 2.26. The van der Waals surface area contributed by atoms with Gasteiger partial charge in [-0.2, -0.15) is 0 Å². The molecule has 0 spiro atoms. The lowest BCUT2D eigenvalue weighted by Crippen LogP contribution is -2.21. The molecule has 0 atom stereocenters. The molecular formula is C10H21NO. The summed E-state index contributed by atoms with van der Waals surface area (Å²) in [6.45, 7) is 8.32. The summed E-state index contributed by atoms with van der Waals surface area (Å²) in [5.41, 5.74) is 1.21. The Hall–Kier alpha value is -0.340. The van der Waals surface area contributed by atoms with Crippen molar-refractivity contribution in [3.8, 4) is 0 Å². The number of aliphatic hydroxyl groups excluding tert-OH is 1. The first-order chi connectivity index (χ1) is 5.66. The van der Waals surface area contributed by atoms with Gasteiger partial charge in [-0.1, -0.05) is 12.2 Å². The molecule has 0 aromatic carbocycles. The average Bonchev–Trinajstić information content (AvgIpc) is 1.97. The number of nitrogens with zero attached hydrogens (tertiary/aromatic N) is 1. The van der Waals surface area contributed by atoms with E-state index in [1.165, 1.54) is 12.0 Å². The van der Waals surface area contributed by atoms with Crippen LogP contribution in [0.4, 0.5) is 0 Å². The topological polar surface area (TPSA) is 23.5 Å². The van der Waals surface area contributed by atoms with Gasteiger partial charge in [-0.3, -0.25) is 0 Å². The van der Waals surface area contributed by atoms with Crippen LogP contribution in [0.1, 0.15) is 26.2 Å². The normalized spacial score (nSPS) is 10.7. The lowest BCUT2D eigenvalue weighted by molar-refractivity contribution is 0.276. The molecule has 0 heterocycles. The van der Waals surface area contributed by atoms with Crippen LogP contribution in [0.15, 0.2) is 12.2 Å². The zero-order valence-corrected chi connectivity index (χ0v) is 8.34. The van der Waals surface area contributed by atoms with Gasteiger partial charge < -0.3 is 10.0 Å². The number of aliphatic hydroxyl groups is 1. The summed E-state index contributed by atoms with van der Waals surface area (Å²) in [5, 5.41) is 8.55. The summed E-state index contributed by atoms with van der Waals surface area (Å²) in [5.74, 6) is 0. The van der Waals surface area contributed by atoms with Crippen molar-refractivity contribution in [1.82, 2.24) is 4.90 Å². The second kappa shape index (κ2) is 7.32. The molecule has 0 amide bonds. The molecule has 0 aliphatic carbocycles. The Morgan fingerprint density at radius 3 is 2.50 bits per heavy atom. The van der Waals surface area contributed by atoms with Crippen LogP contribution in [0.2, 0.25) is 0 Å². The van der Waals surface area contributed by atoms with Gasteiger partial charge in [0.25, 0.3) is 0 Å². The Morgan fingerprint density at radius 1 is 1.33 bits per heavy atom. The van der Waals surface area contributed by atoms with E-state index in [4.69, 9.17) is 5.11 Å². The first-order valence-corrected chi connectivity index (χ1v) is 4.60. The fraction of sp³-hybridized carbons (Fsp3) is 0.800. The van der Waals surface area contributed by atoms with Crippen molar-refractivity contribution in [3.05, 3.63) is 12.2 Å². The van der Waals surface area contributed by atoms with Gasteiger partial charge >= 0.3 is 0 Å². The minimum atomic E-state index is 0.324. The molecule has 0 aliphatic heterocycles. The molecule has 12 heavy (non-hydrogen) atoms. The molecule has 0 rings (SSSR count). The molecule has 0 saturated carbocycles. The van der Waals surface area contributed by atoms with Crippen molar-refractivity contribution < 1.29 is 5.11 Å². The van der Waals surface area contributed by atoms with E-state index in [1.807, 2.05) is 6.92 Å². The van der Waals surface area contributed by atoms with E-state index >= 15 is 0 Å². The monoisotopic (exact) mass is 171 g/mol. The first kappa shape index (κ1) is 11.7. The zero-order valence-electron chi connectivity index (χ0n) is 8.34. The third kappa shape index (κ3) is 7.76. The molecule has 0 saturated heterocycles. The third-order valence-electron chi connectivity index (χ3n) is 1.74. The van der Waals surface area contributed by atoms with Gasteiger partial charge in [0.2, 0.25) is 0 Å². The summed E-state index contributed by atoms with van der Waals surface area (Å²) in [6.07, 6.45) is 3.22. The molecule has 0 aromatic heterocycles. The highest BCUT2D eigenvalue weighted by Gasteiger charge is 1.96. The van der Waals surface area contributed by atoms with E-state index in [9.17, 15) is 0 Å². The minimum absolute atomic E-state index is 0.324. The van der Waals surface area contributed by atoms with Crippen LogP contribution < -0.4 is 0 Å². The second-order valence-electron chi connectivity index (χ2n) is 3.48. The van der Waals surface area contributed by atoms with Gasteiger partial charge in [0.05, 0.1) is 0 Å². The maximum Gasteiger partial charge on any atom is 0.0431 e. The van der Waals surface area contributed by atoms with Gasteiger partial charge in [-0.05, 0) is 39.8 Å². The van der Waals surface area contributed by atoms with Gasteiger partial charge in [0.1, 0.15) is 0 Å². The quantitative estimate of drug-likeness (QED) is 0.465. The van der Waals surface area contributed by atoms with Crippen LogP contribution in [0.25, 0.3) is 0 Å². The summed E-state index contributed by atoms with van der Waals surface area (Å²) in [7, 11) is 2.10. The average molecular weight is 171 g/mol. The fourth-order valence-electron chi connectivity index (χ4n) is 1.21. The minimum Gasteiger partial charge on any atom is -0.396 e. The number of rotatable bonds is 7. The Balaban J connectivity index is 3.19. The predicted octanol–water partition coefficient (Wildman–Crippen LogP) is 1.66. The van der Waals surface area contributed by atoms with E-state index in [0.29, 0.717) is 6.61 Å². The Labute approximate surface area is 75.9 Å². The lowest BCUT2D eigenvalue weighted by atomic mass is 10.2. The second-order valence-corrected chi connectivity index (χ2v) is 3.48. The van der Waals surface area contributed by atoms with Crippen LogP contribution in [0, 0.1) is 0 Å². The molecule has 2 heteroatoms. The van der Waals surface area contributed by atoms with Crippen LogP contribution in [0.3, 0.4) is 0 Å². The highest BCUT2D eigenvalue weighted by Crippen LogP contribution is 1.98. The van der Waals surface area contributed by atoms with Crippen molar-refractivity contribution in [3.63, 3.8) is 0 Å². The highest BCUT2D eigenvalue weighted by molar-refractivity contribution is 4.90. The first-order valence-electron chi connectivity index (χ1n) is 4.60. The highest BCUT2D eigenvalue weighted by atomic mass is 16.2. The van der Waals surface area contributed by atoms with Gasteiger partial charge in [-0.15, -0.1) is 0 Å². The number of hydrogen-bond acceptors (Lipinski definition) is 2. The summed E-state index contributed by atoms with van der Waals surface area (Å²) in [6, 6.07) is 0. The van der Waals surface area contributed by atoms with Crippen molar-refractivity contribution in [2.75, 3.05) is 26.7 Å². The van der Waals surface area contributed by atoms with Gasteiger partial charge in [0.15, 0.2) is 0 Å². The fourth-order valence-corrected chi connectivity index (χ4v) is 1.21. The van der Waals surface area contributed by atoms with E-state index in [-0.39, 0.29) is 0 Å². The van der Waals surface area contributed by atoms with Crippen molar-refractivity contribution in [2.45, 2.75) is 26.2 Å². The molecule has 1 N–H and O–H groups in total. The zero-order chi connectivity index (χ0) is 9.40. The third-order valence-corrected chi connectivity index (χ3v) is 1.74. The standard InChI is InChI=1S/C10H21NO/c1-10(2)9-11(3)7-5-4-6-8-12/h12H,1,4-9H2,2-3H3. The largest absolute Gasteiger partial charge is 0.396 e. The predicted molar refractivity (Wildman–Crippen MR) is 53.2 cm³/mol. The molecule has 72 valence electrons. The van der Waals surface area contributed by atoms with E-state index in [0.717, 1.165) is 25.9 Å². The lowest BCUT2D eigenvalue weighted by Gasteiger charge is -2.15. The smallest absolute Gasteiger partial charge is 0.0431 e. The van der Waals surface area contributed by atoms with Crippen LogP contribution >= 0.6 is 0 Å². The Bertz CT molecular complexity index is 123. The van der Waals surface area contributed by atoms with Crippen molar-refractivity contribution in [1.29, 1.82) is 0 Å². The Morgan fingerprint density at radius 2 is 2.00 bits per heavy atom. The van der Waals surface area contributed by atoms with Crippen molar-refractivity contribution >= 4 is 0 Å². The van der Waals surface area contributed by atoms with Gasteiger partial charge in [-0.25, -0.2) is 0 Å². The number of unbranched alkanes of at least 4 members (excludes halogenated alkanes) is 2. The maximum absolute atomic E-state index is 8.55. The van der Waals surface area contributed by atoms with Crippen LogP contribution in [-0.4, -0.2) is 36.8 Å². The number of likely N-dealkylation sites (N-methyl/N-ethyl adjacent to an activating group) is 1.